The Morgan fingerprint density at radius 2 is 2.14 bits per heavy atom. The first-order chi connectivity index (χ1) is 13.9. The highest BCUT2D eigenvalue weighted by molar-refractivity contribution is 7.14. The molecule has 1 aromatic carbocycles. The van der Waals surface area contributed by atoms with Crippen LogP contribution in [-0.2, 0) is 16.1 Å². The molecule has 150 valence electrons. The van der Waals surface area contributed by atoms with Gasteiger partial charge in [0, 0.05) is 45.2 Å². The lowest BCUT2D eigenvalue weighted by molar-refractivity contribution is -0.128. The lowest BCUT2D eigenvalue weighted by Gasteiger charge is -2.17. The first kappa shape index (κ1) is 20.1. The molecule has 0 spiro atoms. The fraction of sp³-hybridized carbons (Fsp3) is 0.286. The second kappa shape index (κ2) is 8.26. The smallest absolute Gasteiger partial charge is 0.231 e. The van der Waals surface area contributed by atoms with Crippen molar-refractivity contribution < 1.29 is 9.59 Å². The summed E-state index contributed by atoms with van der Waals surface area (Å²) in [4.78, 5) is 33.8. The third kappa shape index (κ3) is 4.37. The van der Waals surface area contributed by atoms with E-state index in [9.17, 15) is 9.59 Å². The van der Waals surface area contributed by atoms with Gasteiger partial charge >= 0.3 is 0 Å². The number of hydrogen-bond acceptors (Lipinski definition) is 5. The lowest BCUT2D eigenvalue weighted by Crippen LogP contribution is -2.28. The molecule has 0 radical (unpaired) electrons. The average molecular weight is 446 g/mol. The van der Waals surface area contributed by atoms with E-state index in [0.29, 0.717) is 23.2 Å². The molecular formula is C21H20ClN3O2S2. The molecule has 1 aliphatic heterocycles. The number of carbonyl (C=O) groups excluding carboxylic acids is 2. The van der Waals surface area contributed by atoms with Crippen LogP contribution in [0.3, 0.4) is 0 Å². The largest absolute Gasteiger partial charge is 0.337 e. The van der Waals surface area contributed by atoms with Gasteiger partial charge in [-0.1, -0.05) is 29.8 Å². The zero-order chi connectivity index (χ0) is 20.5. The maximum Gasteiger partial charge on any atom is 0.231 e. The average Bonchev–Trinajstić information content (AvgIpc) is 3.36. The van der Waals surface area contributed by atoms with E-state index in [1.807, 2.05) is 23.6 Å². The fourth-order valence-electron chi connectivity index (χ4n) is 3.48. The summed E-state index contributed by atoms with van der Waals surface area (Å²) in [6, 6.07) is 9.56. The van der Waals surface area contributed by atoms with E-state index in [1.54, 1.807) is 22.3 Å². The van der Waals surface area contributed by atoms with Gasteiger partial charge in [0.2, 0.25) is 11.8 Å². The first-order valence-corrected chi connectivity index (χ1v) is 11.3. The van der Waals surface area contributed by atoms with Gasteiger partial charge in [0.25, 0.3) is 0 Å². The number of halogens is 1. The van der Waals surface area contributed by atoms with E-state index >= 15 is 0 Å². The van der Waals surface area contributed by atoms with Crippen LogP contribution in [0.5, 0.6) is 0 Å². The number of hydrogen-bond donors (Lipinski definition) is 1. The molecule has 0 bridgehead atoms. The Kier molecular flexibility index (Phi) is 5.72. The van der Waals surface area contributed by atoms with Crippen LogP contribution < -0.4 is 5.32 Å². The van der Waals surface area contributed by atoms with Crippen LogP contribution in [0.15, 0.2) is 35.7 Å². The predicted molar refractivity (Wildman–Crippen MR) is 119 cm³/mol. The number of aryl methyl sites for hydroxylation is 2. The Labute approximate surface area is 182 Å². The van der Waals surface area contributed by atoms with Gasteiger partial charge in [0.05, 0.1) is 11.6 Å². The van der Waals surface area contributed by atoms with Crippen LogP contribution in [0, 0.1) is 19.8 Å². The van der Waals surface area contributed by atoms with Crippen LogP contribution >= 0.6 is 34.3 Å². The van der Waals surface area contributed by atoms with E-state index in [2.05, 4.69) is 30.2 Å². The highest BCUT2D eigenvalue weighted by Gasteiger charge is 2.34. The molecule has 5 nitrogen and oxygen atoms in total. The lowest BCUT2D eigenvalue weighted by atomic mass is 10.1. The molecule has 3 heterocycles. The molecule has 2 aromatic heterocycles. The highest BCUT2D eigenvalue weighted by Crippen LogP contribution is 2.33. The van der Waals surface area contributed by atoms with Crippen LogP contribution in [0.25, 0.3) is 11.3 Å². The normalized spacial score (nSPS) is 16.4. The van der Waals surface area contributed by atoms with Crippen LogP contribution in [0.2, 0.25) is 5.02 Å². The van der Waals surface area contributed by atoms with Crippen LogP contribution in [0.1, 0.15) is 21.7 Å². The van der Waals surface area contributed by atoms with Gasteiger partial charge < -0.3 is 10.2 Å². The number of likely N-dealkylation sites (tertiary alicyclic amines) is 1. The second-order valence-electron chi connectivity index (χ2n) is 7.12. The topological polar surface area (TPSA) is 62.3 Å². The standard InChI is InChI=1S/C21H20ClN3O2S2/c1-12-7-16(13(2)29-12)18-11-28-21(23-18)24-20(27)15-8-19(26)25(10-15)9-14-5-3-4-6-17(14)22/h3-7,11,15H,8-10H2,1-2H3,(H,23,24,27). The molecule has 1 fully saturated rings. The van der Waals surface area contributed by atoms with Gasteiger partial charge in [0.1, 0.15) is 0 Å². The summed E-state index contributed by atoms with van der Waals surface area (Å²) >= 11 is 9.33. The van der Waals surface area contributed by atoms with Gasteiger partial charge in [0.15, 0.2) is 5.13 Å². The van der Waals surface area contributed by atoms with Crippen molar-refractivity contribution in [3.8, 4) is 11.3 Å². The third-order valence-electron chi connectivity index (χ3n) is 4.96. The van der Waals surface area contributed by atoms with E-state index in [1.165, 1.54) is 21.1 Å². The minimum atomic E-state index is -0.387. The Bertz CT molecular complexity index is 1080. The van der Waals surface area contributed by atoms with Crippen molar-refractivity contribution in [3.63, 3.8) is 0 Å². The molecule has 8 heteroatoms. The number of nitrogens with zero attached hydrogens (tertiary/aromatic N) is 2. The molecular weight excluding hydrogens is 426 g/mol. The molecule has 3 aromatic rings. The predicted octanol–water partition coefficient (Wildman–Crippen LogP) is 5.13. The molecule has 29 heavy (non-hydrogen) atoms. The van der Waals surface area contributed by atoms with Crippen molar-refractivity contribution in [3.05, 3.63) is 56.1 Å². The van der Waals surface area contributed by atoms with Gasteiger partial charge in [-0.25, -0.2) is 4.98 Å². The Hall–Kier alpha value is -2.22. The minimum absolute atomic E-state index is 0.0331. The van der Waals surface area contributed by atoms with Gasteiger partial charge in [-0.3, -0.25) is 9.59 Å². The number of carbonyl (C=O) groups is 2. The van der Waals surface area contributed by atoms with E-state index < -0.39 is 0 Å². The molecule has 0 aliphatic carbocycles. The summed E-state index contributed by atoms with van der Waals surface area (Å²) in [6.07, 6.45) is 0.206. The minimum Gasteiger partial charge on any atom is -0.337 e. The zero-order valence-corrected chi connectivity index (χ0v) is 18.5. The summed E-state index contributed by atoms with van der Waals surface area (Å²) in [6.45, 7) is 4.95. The van der Waals surface area contributed by atoms with E-state index in [4.69, 9.17) is 11.6 Å². The zero-order valence-electron chi connectivity index (χ0n) is 16.1. The quantitative estimate of drug-likeness (QED) is 0.592. The number of aromatic nitrogens is 1. The number of thiophene rings is 1. The van der Waals surface area contributed by atoms with Gasteiger partial charge in [-0.05, 0) is 31.5 Å². The molecule has 1 atom stereocenters. The van der Waals surface area contributed by atoms with Crippen molar-refractivity contribution in [2.24, 2.45) is 5.92 Å². The number of nitrogens with one attached hydrogen (secondary N) is 1. The molecule has 1 unspecified atom stereocenters. The summed E-state index contributed by atoms with van der Waals surface area (Å²) < 4.78 is 0. The molecule has 0 saturated carbocycles. The Morgan fingerprint density at radius 1 is 1.34 bits per heavy atom. The van der Waals surface area contributed by atoms with Crippen molar-refractivity contribution in [2.45, 2.75) is 26.8 Å². The van der Waals surface area contributed by atoms with Crippen molar-refractivity contribution in [1.29, 1.82) is 0 Å². The van der Waals surface area contributed by atoms with Crippen molar-refractivity contribution in [2.75, 3.05) is 11.9 Å². The number of thiazole rings is 1. The molecule has 1 saturated heterocycles. The molecule has 1 N–H and O–H groups in total. The van der Waals surface area contributed by atoms with E-state index in [0.717, 1.165) is 16.8 Å². The SMILES string of the molecule is Cc1cc(-c2csc(NC(=O)C3CC(=O)N(Cc4ccccc4Cl)C3)n2)c(C)s1. The number of rotatable bonds is 5. The fourth-order valence-corrected chi connectivity index (χ4v) is 5.32. The van der Waals surface area contributed by atoms with Crippen LogP contribution in [-0.4, -0.2) is 28.2 Å². The van der Waals surface area contributed by atoms with Crippen molar-refractivity contribution >= 4 is 51.2 Å². The number of amides is 2. The summed E-state index contributed by atoms with van der Waals surface area (Å²) in [5.74, 6) is -0.587. The summed E-state index contributed by atoms with van der Waals surface area (Å²) in [7, 11) is 0. The first-order valence-electron chi connectivity index (χ1n) is 9.25. The summed E-state index contributed by atoms with van der Waals surface area (Å²) in [5, 5.41) is 6.02. The third-order valence-corrected chi connectivity index (χ3v) is 7.05. The molecule has 1 aliphatic rings. The summed E-state index contributed by atoms with van der Waals surface area (Å²) in [5.41, 5.74) is 2.86. The van der Waals surface area contributed by atoms with Gasteiger partial charge in [-0.2, -0.15) is 0 Å². The van der Waals surface area contributed by atoms with Crippen molar-refractivity contribution in [1.82, 2.24) is 9.88 Å². The maximum atomic E-state index is 12.7. The molecule has 4 rings (SSSR count). The van der Waals surface area contributed by atoms with Gasteiger partial charge in [-0.15, -0.1) is 22.7 Å². The molecule has 2 amide bonds. The Morgan fingerprint density at radius 3 is 2.86 bits per heavy atom. The monoisotopic (exact) mass is 445 g/mol. The second-order valence-corrected chi connectivity index (χ2v) is 9.85. The van der Waals surface area contributed by atoms with Crippen LogP contribution in [0.4, 0.5) is 5.13 Å². The maximum absolute atomic E-state index is 12.7. The Balaban J connectivity index is 1.40. The number of anilines is 1. The van der Waals surface area contributed by atoms with E-state index in [-0.39, 0.29) is 24.2 Å². The highest BCUT2D eigenvalue weighted by atomic mass is 35.5. The number of benzene rings is 1.